The van der Waals surface area contributed by atoms with Gasteiger partial charge in [-0.25, -0.2) is 0 Å². The van der Waals surface area contributed by atoms with Gasteiger partial charge in [0, 0.05) is 12.1 Å². The zero-order valence-corrected chi connectivity index (χ0v) is 13.4. The topological polar surface area (TPSA) is 60.8 Å². The molecule has 0 bridgehead atoms. The molecule has 0 aromatic heterocycles. The van der Waals surface area contributed by atoms with E-state index in [1.165, 1.54) is 32.1 Å². The molecule has 2 rings (SSSR count). The lowest BCUT2D eigenvalue weighted by atomic mass is 9.78. The van der Waals surface area contributed by atoms with E-state index in [4.69, 9.17) is 0 Å². The lowest BCUT2D eigenvalue weighted by molar-refractivity contribution is -0.141. The number of carboxylic acids is 1. The lowest BCUT2D eigenvalue weighted by Crippen LogP contribution is -2.51. The third kappa shape index (κ3) is 4.68. The van der Waals surface area contributed by atoms with Gasteiger partial charge in [0.2, 0.25) is 0 Å². The van der Waals surface area contributed by atoms with Crippen molar-refractivity contribution < 1.29 is 15.0 Å². The van der Waals surface area contributed by atoms with Crippen molar-refractivity contribution in [2.24, 2.45) is 5.92 Å². The van der Waals surface area contributed by atoms with Crippen molar-refractivity contribution in [3.63, 3.8) is 0 Å². The van der Waals surface area contributed by atoms with E-state index >= 15 is 0 Å². The van der Waals surface area contributed by atoms with Crippen LogP contribution in [0.5, 0.6) is 0 Å². The van der Waals surface area contributed by atoms with E-state index in [2.05, 4.69) is 4.90 Å². The van der Waals surface area contributed by atoms with Gasteiger partial charge in [-0.15, -0.1) is 0 Å². The highest BCUT2D eigenvalue weighted by molar-refractivity contribution is 5.68. The number of hydrogen-bond donors (Lipinski definition) is 2. The minimum atomic E-state index is -0.714. The molecule has 0 radical (unpaired) electrons. The smallest absolute Gasteiger partial charge is 0.305 e. The molecule has 0 aromatic rings. The van der Waals surface area contributed by atoms with E-state index < -0.39 is 5.97 Å². The molecular weight excluding hydrogens is 266 g/mol. The molecule has 21 heavy (non-hydrogen) atoms. The Kier molecular flexibility index (Phi) is 6.06. The van der Waals surface area contributed by atoms with Crippen LogP contribution in [0.15, 0.2) is 0 Å². The van der Waals surface area contributed by atoms with Crippen molar-refractivity contribution in [2.75, 3.05) is 13.6 Å². The number of hydrogen-bond acceptors (Lipinski definition) is 3. The summed E-state index contributed by atoms with van der Waals surface area (Å²) in [6.45, 7) is 0.615. The van der Waals surface area contributed by atoms with E-state index in [1.54, 1.807) is 0 Å². The van der Waals surface area contributed by atoms with Crippen LogP contribution in [0.1, 0.15) is 70.6 Å². The van der Waals surface area contributed by atoms with Crippen molar-refractivity contribution in [1.82, 2.24) is 4.90 Å². The van der Waals surface area contributed by atoms with E-state index in [-0.39, 0.29) is 18.1 Å². The van der Waals surface area contributed by atoms with Crippen LogP contribution in [-0.2, 0) is 4.79 Å². The molecule has 0 spiro atoms. The Bertz CT molecular complexity index is 333. The van der Waals surface area contributed by atoms with Gasteiger partial charge in [-0.1, -0.05) is 44.9 Å². The number of carboxylic acid groups (broad SMARTS) is 1. The van der Waals surface area contributed by atoms with Gasteiger partial charge in [-0.3, -0.25) is 9.69 Å². The lowest BCUT2D eigenvalue weighted by Gasteiger charge is -2.44. The highest BCUT2D eigenvalue weighted by atomic mass is 16.4. The number of β-amino-alcohol motifs (C(OH)–C–C–N with tert-alkyl or cyclic N) is 1. The van der Waals surface area contributed by atoms with Crippen LogP contribution in [-0.4, -0.2) is 46.3 Å². The van der Waals surface area contributed by atoms with E-state index in [1.807, 2.05) is 7.05 Å². The molecule has 0 amide bonds. The second-order valence-corrected chi connectivity index (χ2v) is 7.28. The zero-order chi connectivity index (χ0) is 15.3. The van der Waals surface area contributed by atoms with Gasteiger partial charge in [0.15, 0.2) is 0 Å². The molecule has 1 unspecified atom stereocenters. The molecule has 2 fully saturated rings. The van der Waals surface area contributed by atoms with Gasteiger partial charge < -0.3 is 10.2 Å². The highest BCUT2D eigenvalue weighted by Crippen LogP contribution is 2.36. The van der Waals surface area contributed by atoms with E-state index in [9.17, 15) is 15.0 Å². The SMILES string of the molecule is CN(CC(O)CC1CCCC1)C1(CC(=O)O)CCCCC1. The summed E-state index contributed by atoms with van der Waals surface area (Å²) in [6.07, 6.45) is 11.2. The Labute approximate surface area is 128 Å². The van der Waals surface area contributed by atoms with Gasteiger partial charge in [0.25, 0.3) is 0 Å². The first kappa shape index (κ1) is 16.8. The number of carbonyl (C=O) groups is 1. The summed E-state index contributed by atoms with van der Waals surface area (Å²) in [5, 5.41) is 19.6. The summed E-state index contributed by atoms with van der Waals surface area (Å²) in [7, 11) is 2.01. The van der Waals surface area contributed by atoms with Crippen molar-refractivity contribution in [3.8, 4) is 0 Å². The summed E-state index contributed by atoms with van der Waals surface area (Å²) < 4.78 is 0. The van der Waals surface area contributed by atoms with E-state index in [0.29, 0.717) is 12.5 Å². The number of nitrogens with zero attached hydrogens (tertiary/aromatic N) is 1. The molecule has 4 heteroatoms. The average Bonchev–Trinajstić information content (AvgIpc) is 2.91. The molecule has 2 saturated carbocycles. The fourth-order valence-electron chi connectivity index (χ4n) is 4.40. The van der Waals surface area contributed by atoms with Gasteiger partial charge in [-0.2, -0.15) is 0 Å². The summed E-state index contributed by atoms with van der Waals surface area (Å²) in [5.74, 6) is -0.0378. The summed E-state index contributed by atoms with van der Waals surface area (Å²) >= 11 is 0. The van der Waals surface area contributed by atoms with Crippen LogP contribution in [0.2, 0.25) is 0 Å². The van der Waals surface area contributed by atoms with E-state index in [0.717, 1.165) is 32.1 Å². The predicted octanol–water partition coefficient (Wildman–Crippen LogP) is 3.04. The first-order valence-electron chi connectivity index (χ1n) is 8.63. The zero-order valence-electron chi connectivity index (χ0n) is 13.4. The number of rotatable bonds is 7. The maximum absolute atomic E-state index is 11.3. The van der Waals surface area contributed by atoms with Gasteiger partial charge >= 0.3 is 5.97 Å². The Balaban J connectivity index is 1.90. The normalized spacial score (nSPS) is 24.3. The molecule has 122 valence electrons. The maximum Gasteiger partial charge on any atom is 0.305 e. The Hall–Kier alpha value is -0.610. The molecule has 4 nitrogen and oxygen atoms in total. The molecule has 2 aliphatic rings. The molecule has 0 heterocycles. The van der Waals surface area contributed by atoms with Gasteiger partial charge in [0.05, 0.1) is 12.5 Å². The van der Waals surface area contributed by atoms with Crippen LogP contribution < -0.4 is 0 Å². The second kappa shape index (κ2) is 7.59. The number of aliphatic hydroxyl groups is 1. The first-order chi connectivity index (χ1) is 10.0. The van der Waals surface area contributed by atoms with Gasteiger partial charge in [-0.05, 0) is 32.2 Å². The van der Waals surface area contributed by atoms with Crippen molar-refractivity contribution in [1.29, 1.82) is 0 Å². The molecule has 1 atom stereocenters. The molecule has 2 N–H and O–H groups in total. The summed E-state index contributed by atoms with van der Waals surface area (Å²) in [4.78, 5) is 13.4. The van der Waals surface area contributed by atoms with Crippen molar-refractivity contribution in [2.45, 2.75) is 82.3 Å². The van der Waals surface area contributed by atoms with Gasteiger partial charge in [0.1, 0.15) is 0 Å². The highest BCUT2D eigenvalue weighted by Gasteiger charge is 2.38. The Morgan fingerprint density at radius 3 is 2.38 bits per heavy atom. The van der Waals surface area contributed by atoms with Crippen LogP contribution in [0.3, 0.4) is 0 Å². The molecule has 0 aliphatic heterocycles. The number of likely N-dealkylation sites (N-methyl/N-ethyl adjacent to an activating group) is 1. The van der Waals surface area contributed by atoms with Crippen LogP contribution >= 0.6 is 0 Å². The fourth-order valence-corrected chi connectivity index (χ4v) is 4.40. The number of aliphatic carboxylic acids is 1. The fraction of sp³-hybridized carbons (Fsp3) is 0.941. The molecular formula is C17H31NO3. The monoisotopic (exact) mass is 297 g/mol. The summed E-state index contributed by atoms with van der Waals surface area (Å²) in [6, 6.07) is 0. The van der Waals surface area contributed by atoms with Crippen LogP contribution in [0, 0.1) is 5.92 Å². The van der Waals surface area contributed by atoms with Crippen LogP contribution in [0.4, 0.5) is 0 Å². The standard InChI is InChI=1S/C17H31NO3/c1-18(13-15(19)11-14-7-3-4-8-14)17(12-16(20)21)9-5-2-6-10-17/h14-15,19H,2-13H2,1H3,(H,20,21). The molecule has 0 aromatic carbocycles. The second-order valence-electron chi connectivity index (χ2n) is 7.28. The largest absolute Gasteiger partial charge is 0.481 e. The van der Waals surface area contributed by atoms with Crippen molar-refractivity contribution in [3.05, 3.63) is 0 Å². The minimum absolute atomic E-state index is 0.208. The Morgan fingerprint density at radius 2 is 1.81 bits per heavy atom. The molecule has 2 aliphatic carbocycles. The third-order valence-corrected chi connectivity index (χ3v) is 5.64. The average molecular weight is 297 g/mol. The Morgan fingerprint density at radius 1 is 1.19 bits per heavy atom. The first-order valence-corrected chi connectivity index (χ1v) is 8.63. The predicted molar refractivity (Wildman–Crippen MR) is 83.3 cm³/mol. The third-order valence-electron chi connectivity index (χ3n) is 5.64. The summed E-state index contributed by atoms with van der Waals surface area (Å²) in [5.41, 5.74) is -0.235. The number of aliphatic hydroxyl groups excluding tert-OH is 1. The molecule has 0 saturated heterocycles. The quantitative estimate of drug-likeness (QED) is 0.758. The minimum Gasteiger partial charge on any atom is -0.481 e. The maximum atomic E-state index is 11.3. The van der Waals surface area contributed by atoms with Crippen molar-refractivity contribution >= 4 is 5.97 Å². The van der Waals surface area contributed by atoms with Crippen LogP contribution in [0.25, 0.3) is 0 Å².